The fraction of sp³-hybridized carbons (Fsp3) is 0.333. The van der Waals surface area contributed by atoms with Crippen molar-refractivity contribution in [2.75, 3.05) is 36.0 Å². The van der Waals surface area contributed by atoms with Gasteiger partial charge in [0.2, 0.25) is 0 Å². The molecule has 0 amide bonds. The number of rotatable bonds is 3. The first-order chi connectivity index (χ1) is 11.1. The number of nitrogens with zero attached hydrogens (tertiary/aromatic N) is 5. The molecular formula is C15H16FN5O2. The summed E-state index contributed by atoms with van der Waals surface area (Å²) in [6.45, 7) is 4.17. The number of aryl methyl sites for hydroxylation is 1. The lowest BCUT2D eigenvalue weighted by atomic mass is 10.2. The number of hydrogen-bond acceptors (Lipinski definition) is 6. The topological polar surface area (TPSA) is 75.4 Å². The van der Waals surface area contributed by atoms with Crippen LogP contribution in [0.1, 0.15) is 5.69 Å². The number of hydrogen-bond donors (Lipinski definition) is 0. The van der Waals surface area contributed by atoms with Gasteiger partial charge in [0.25, 0.3) is 5.69 Å². The predicted molar refractivity (Wildman–Crippen MR) is 84.2 cm³/mol. The normalized spacial score (nSPS) is 14.9. The number of nitro groups is 1. The summed E-state index contributed by atoms with van der Waals surface area (Å²) < 4.78 is 13.8. The molecule has 1 fully saturated rings. The van der Waals surface area contributed by atoms with Crippen LogP contribution in [0.4, 0.5) is 21.7 Å². The molecule has 0 spiro atoms. The van der Waals surface area contributed by atoms with Crippen molar-refractivity contribution in [2.45, 2.75) is 6.92 Å². The lowest BCUT2D eigenvalue weighted by molar-refractivity contribution is -0.385. The highest BCUT2D eigenvalue weighted by atomic mass is 19.1. The van der Waals surface area contributed by atoms with Crippen LogP contribution in [-0.2, 0) is 0 Å². The molecular weight excluding hydrogens is 301 g/mol. The van der Waals surface area contributed by atoms with Crippen LogP contribution in [0.25, 0.3) is 0 Å². The van der Waals surface area contributed by atoms with E-state index in [1.807, 2.05) is 9.80 Å². The summed E-state index contributed by atoms with van der Waals surface area (Å²) in [5.74, 6) is 0.736. The van der Waals surface area contributed by atoms with Crippen LogP contribution < -0.4 is 9.80 Å². The first-order valence-electron chi connectivity index (χ1n) is 7.28. The van der Waals surface area contributed by atoms with E-state index in [1.165, 1.54) is 12.1 Å². The monoisotopic (exact) mass is 317 g/mol. The molecule has 3 rings (SSSR count). The van der Waals surface area contributed by atoms with Crippen LogP contribution in [0.3, 0.4) is 0 Å². The molecule has 8 heteroatoms. The summed E-state index contributed by atoms with van der Waals surface area (Å²) in [7, 11) is 0. The minimum atomic E-state index is -0.437. The van der Waals surface area contributed by atoms with Crippen molar-refractivity contribution in [1.29, 1.82) is 0 Å². The molecule has 0 saturated carbocycles. The standard InChI is InChI=1S/C15H16FN5O2/c1-11-13(21(22)23)4-5-14(18-11)19-7-9-20(10-8-19)15-12(16)3-2-6-17-15/h2-6H,7-10H2,1H3. The van der Waals surface area contributed by atoms with E-state index in [1.54, 1.807) is 25.3 Å². The van der Waals surface area contributed by atoms with Crippen molar-refractivity contribution in [3.05, 3.63) is 52.1 Å². The number of anilines is 2. The van der Waals surface area contributed by atoms with Crippen LogP contribution >= 0.6 is 0 Å². The van der Waals surface area contributed by atoms with Gasteiger partial charge in [-0.2, -0.15) is 0 Å². The smallest absolute Gasteiger partial charge is 0.290 e. The lowest BCUT2D eigenvalue weighted by Crippen LogP contribution is -2.47. The van der Waals surface area contributed by atoms with Crippen molar-refractivity contribution >= 4 is 17.3 Å². The highest BCUT2D eigenvalue weighted by Gasteiger charge is 2.22. The SMILES string of the molecule is Cc1nc(N2CCN(c3ncccc3F)CC2)ccc1[N+](=O)[O-]. The van der Waals surface area contributed by atoms with E-state index < -0.39 is 4.92 Å². The van der Waals surface area contributed by atoms with E-state index in [9.17, 15) is 14.5 Å². The van der Waals surface area contributed by atoms with Gasteiger partial charge in [-0.05, 0) is 25.1 Å². The average Bonchev–Trinajstić information content (AvgIpc) is 2.55. The molecule has 0 radical (unpaired) electrons. The van der Waals surface area contributed by atoms with Crippen molar-refractivity contribution in [2.24, 2.45) is 0 Å². The van der Waals surface area contributed by atoms with Gasteiger partial charge in [-0.1, -0.05) is 0 Å². The fourth-order valence-corrected chi connectivity index (χ4v) is 2.67. The summed E-state index contributed by atoms with van der Waals surface area (Å²) in [5.41, 5.74) is 0.411. The molecule has 1 saturated heterocycles. The Labute approximate surface area is 132 Å². The zero-order valence-electron chi connectivity index (χ0n) is 12.6. The number of halogens is 1. The quantitative estimate of drug-likeness (QED) is 0.638. The third-order valence-electron chi connectivity index (χ3n) is 3.88. The predicted octanol–water partition coefficient (Wildman–Crippen LogP) is 2.16. The second kappa shape index (κ2) is 6.15. The third-order valence-corrected chi connectivity index (χ3v) is 3.88. The summed E-state index contributed by atoms with van der Waals surface area (Å²) in [5, 5.41) is 10.8. The Morgan fingerprint density at radius 3 is 2.48 bits per heavy atom. The number of pyridine rings is 2. The first-order valence-corrected chi connectivity index (χ1v) is 7.28. The molecule has 0 bridgehead atoms. The van der Waals surface area contributed by atoms with E-state index in [2.05, 4.69) is 9.97 Å². The Balaban J connectivity index is 1.71. The molecule has 23 heavy (non-hydrogen) atoms. The largest absolute Gasteiger partial charge is 0.353 e. The van der Waals surface area contributed by atoms with E-state index >= 15 is 0 Å². The summed E-state index contributed by atoms with van der Waals surface area (Å²) >= 11 is 0. The second-order valence-electron chi connectivity index (χ2n) is 5.31. The highest BCUT2D eigenvalue weighted by molar-refractivity contribution is 5.49. The van der Waals surface area contributed by atoms with E-state index in [0.717, 1.165) is 0 Å². The van der Waals surface area contributed by atoms with Gasteiger partial charge in [0.1, 0.15) is 11.5 Å². The average molecular weight is 317 g/mol. The number of aromatic nitrogens is 2. The molecule has 1 aliphatic heterocycles. The maximum absolute atomic E-state index is 13.8. The van der Waals surface area contributed by atoms with Crippen LogP contribution in [-0.4, -0.2) is 41.1 Å². The first kappa shape index (κ1) is 15.1. The molecule has 1 aliphatic rings. The molecule has 2 aromatic rings. The summed E-state index contributed by atoms with van der Waals surface area (Å²) in [4.78, 5) is 22.7. The molecule has 0 unspecified atom stereocenters. The van der Waals surface area contributed by atoms with E-state index in [4.69, 9.17) is 0 Å². The van der Waals surface area contributed by atoms with Gasteiger partial charge in [-0.25, -0.2) is 14.4 Å². The van der Waals surface area contributed by atoms with Gasteiger partial charge in [-0.15, -0.1) is 0 Å². The zero-order valence-corrected chi connectivity index (χ0v) is 12.6. The second-order valence-corrected chi connectivity index (χ2v) is 5.31. The van der Waals surface area contributed by atoms with Gasteiger partial charge in [0, 0.05) is 38.4 Å². The van der Waals surface area contributed by atoms with Gasteiger partial charge in [-0.3, -0.25) is 10.1 Å². The van der Waals surface area contributed by atoms with Crippen LogP contribution in [0.2, 0.25) is 0 Å². The molecule has 0 atom stereocenters. The van der Waals surface area contributed by atoms with Crippen LogP contribution in [0, 0.1) is 22.9 Å². The van der Waals surface area contributed by atoms with Crippen molar-refractivity contribution in [3.8, 4) is 0 Å². The molecule has 0 aliphatic carbocycles. The Morgan fingerprint density at radius 2 is 1.87 bits per heavy atom. The minimum absolute atomic E-state index is 0.0166. The van der Waals surface area contributed by atoms with Gasteiger partial charge < -0.3 is 9.80 Å². The molecule has 7 nitrogen and oxygen atoms in total. The number of piperazine rings is 1. The van der Waals surface area contributed by atoms with Gasteiger partial charge in [0.15, 0.2) is 11.6 Å². The van der Waals surface area contributed by atoms with Crippen molar-refractivity contribution in [3.63, 3.8) is 0 Å². The van der Waals surface area contributed by atoms with E-state index in [-0.39, 0.29) is 11.5 Å². The maximum atomic E-state index is 13.8. The molecule has 0 aromatic carbocycles. The Hall–Kier alpha value is -2.77. The molecule has 3 heterocycles. The Morgan fingerprint density at radius 1 is 1.17 bits per heavy atom. The van der Waals surface area contributed by atoms with Gasteiger partial charge >= 0.3 is 0 Å². The minimum Gasteiger partial charge on any atom is -0.353 e. The van der Waals surface area contributed by atoms with Crippen molar-refractivity contribution in [1.82, 2.24) is 9.97 Å². The van der Waals surface area contributed by atoms with Crippen LogP contribution in [0.15, 0.2) is 30.5 Å². The highest BCUT2D eigenvalue weighted by Crippen LogP contribution is 2.23. The van der Waals surface area contributed by atoms with Crippen molar-refractivity contribution < 1.29 is 9.31 Å². The van der Waals surface area contributed by atoms with Gasteiger partial charge in [0.05, 0.1) is 4.92 Å². The van der Waals surface area contributed by atoms with Crippen LogP contribution in [0.5, 0.6) is 0 Å². The van der Waals surface area contributed by atoms with E-state index in [0.29, 0.717) is 43.5 Å². The Kier molecular flexibility index (Phi) is 4.05. The molecule has 0 N–H and O–H groups in total. The zero-order chi connectivity index (χ0) is 16.4. The molecule has 2 aromatic heterocycles. The summed E-state index contributed by atoms with van der Waals surface area (Å²) in [6, 6.07) is 6.10. The lowest BCUT2D eigenvalue weighted by Gasteiger charge is -2.36. The molecule has 120 valence electrons. The fourth-order valence-electron chi connectivity index (χ4n) is 2.67. The maximum Gasteiger partial charge on any atom is 0.290 e. The third kappa shape index (κ3) is 3.05. The Bertz CT molecular complexity index is 732. The summed E-state index contributed by atoms with van der Waals surface area (Å²) in [6.07, 6.45) is 1.58.